The van der Waals surface area contributed by atoms with Gasteiger partial charge in [-0.2, -0.15) is 4.31 Å². The molecule has 0 aliphatic carbocycles. The highest BCUT2D eigenvalue weighted by atomic mass is 32.2. The summed E-state index contributed by atoms with van der Waals surface area (Å²) in [6, 6.07) is 12.1. The molecule has 7 heteroatoms. The Morgan fingerprint density at radius 1 is 0.967 bits per heavy atom. The average molecular weight is 447 g/mol. The molecule has 162 valence electrons. The molecule has 1 amide bonds. The molecule has 2 aliphatic rings. The van der Waals surface area contributed by atoms with E-state index in [1.54, 1.807) is 16.4 Å². The SMILES string of the molecule is O=C(CCc1ccc(CC2CCN(S(=O)(=O)c3cccs3)CC2)cc1)N1CCCC1. The summed E-state index contributed by atoms with van der Waals surface area (Å²) in [6.07, 6.45) is 6.46. The Kier molecular flexibility index (Phi) is 6.91. The van der Waals surface area contributed by atoms with Crippen molar-refractivity contribution >= 4 is 27.3 Å². The van der Waals surface area contributed by atoms with Crippen molar-refractivity contribution in [3.05, 3.63) is 52.9 Å². The zero-order valence-corrected chi connectivity index (χ0v) is 19.0. The van der Waals surface area contributed by atoms with Crippen LogP contribution in [-0.2, 0) is 27.7 Å². The smallest absolute Gasteiger partial charge is 0.252 e. The van der Waals surface area contributed by atoms with Gasteiger partial charge in [0.05, 0.1) is 0 Å². The molecule has 2 fully saturated rings. The number of hydrogen-bond donors (Lipinski definition) is 0. The number of nitrogens with zero attached hydrogens (tertiary/aromatic N) is 2. The third-order valence-corrected chi connectivity index (χ3v) is 9.57. The van der Waals surface area contributed by atoms with Gasteiger partial charge in [-0.3, -0.25) is 4.79 Å². The van der Waals surface area contributed by atoms with Crippen molar-refractivity contribution in [3.63, 3.8) is 0 Å². The quantitative estimate of drug-likeness (QED) is 0.647. The molecule has 1 aromatic heterocycles. The summed E-state index contributed by atoms with van der Waals surface area (Å²) in [6.45, 7) is 3.04. The van der Waals surface area contributed by atoms with Crippen LogP contribution in [0.2, 0.25) is 0 Å². The number of piperidine rings is 1. The van der Waals surface area contributed by atoms with Gasteiger partial charge < -0.3 is 4.90 Å². The van der Waals surface area contributed by atoms with E-state index in [1.807, 2.05) is 10.3 Å². The Hall–Kier alpha value is -1.70. The van der Waals surface area contributed by atoms with Crippen LogP contribution in [0.4, 0.5) is 0 Å². The van der Waals surface area contributed by atoms with Crippen LogP contribution in [0.25, 0.3) is 0 Å². The van der Waals surface area contributed by atoms with Crippen molar-refractivity contribution in [3.8, 4) is 0 Å². The standard InChI is InChI=1S/C23H30N2O3S2/c26-22(24-13-1-2-14-24)10-9-19-5-7-20(8-6-19)18-21-11-15-25(16-12-21)30(27,28)23-4-3-17-29-23/h3-8,17,21H,1-2,9-16,18H2. The Labute approximate surface area is 183 Å². The Morgan fingerprint density at radius 2 is 1.63 bits per heavy atom. The first-order valence-corrected chi connectivity index (χ1v) is 13.2. The lowest BCUT2D eigenvalue weighted by Gasteiger charge is -2.31. The van der Waals surface area contributed by atoms with E-state index in [0.29, 0.717) is 29.6 Å². The number of thiophene rings is 1. The van der Waals surface area contributed by atoms with Gasteiger partial charge in [0.25, 0.3) is 10.0 Å². The highest BCUT2D eigenvalue weighted by molar-refractivity contribution is 7.91. The third-order valence-electron chi connectivity index (χ3n) is 6.30. The minimum absolute atomic E-state index is 0.279. The molecular formula is C23H30N2O3S2. The van der Waals surface area contributed by atoms with Gasteiger partial charge >= 0.3 is 0 Å². The highest BCUT2D eigenvalue weighted by Gasteiger charge is 2.30. The number of sulfonamides is 1. The number of rotatable bonds is 7. The fraction of sp³-hybridized carbons (Fsp3) is 0.522. The molecule has 0 bridgehead atoms. The lowest BCUT2D eigenvalue weighted by Crippen LogP contribution is -2.38. The van der Waals surface area contributed by atoms with Crippen LogP contribution in [0.5, 0.6) is 0 Å². The van der Waals surface area contributed by atoms with Gasteiger partial charge in [-0.15, -0.1) is 11.3 Å². The first kappa shape index (κ1) is 21.5. The van der Waals surface area contributed by atoms with Gasteiger partial charge in [-0.05, 0) is 67.0 Å². The molecule has 0 spiro atoms. The Balaban J connectivity index is 1.24. The predicted octanol–water partition coefficient (Wildman–Crippen LogP) is 3.95. The molecule has 2 aromatic rings. The molecule has 2 aliphatic heterocycles. The molecule has 30 heavy (non-hydrogen) atoms. The summed E-state index contributed by atoms with van der Waals surface area (Å²) >= 11 is 1.29. The van der Waals surface area contributed by atoms with Gasteiger partial charge in [0.2, 0.25) is 5.91 Å². The number of amides is 1. The Morgan fingerprint density at radius 3 is 2.27 bits per heavy atom. The van der Waals surface area contributed by atoms with E-state index >= 15 is 0 Å². The minimum Gasteiger partial charge on any atom is -0.343 e. The zero-order chi connectivity index (χ0) is 21.0. The summed E-state index contributed by atoms with van der Waals surface area (Å²) < 4.78 is 27.4. The topological polar surface area (TPSA) is 57.7 Å². The first-order valence-electron chi connectivity index (χ1n) is 10.9. The summed E-state index contributed by atoms with van der Waals surface area (Å²) in [4.78, 5) is 14.2. The maximum atomic E-state index is 12.7. The molecule has 3 heterocycles. The second-order valence-corrected chi connectivity index (χ2v) is 11.5. The lowest BCUT2D eigenvalue weighted by molar-refractivity contribution is -0.130. The number of benzene rings is 1. The molecular weight excluding hydrogens is 416 g/mol. The van der Waals surface area contributed by atoms with Crippen LogP contribution in [0.1, 0.15) is 43.2 Å². The number of aryl methyl sites for hydroxylation is 1. The number of carbonyl (C=O) groups is 1. The fourth-order valence-corrected chi connectivity index (χ4v) is 7.06. The molecule has 0 radical (unpaired) electrons. The highest BCUT2D eigenvalue weighted by Crippen LogP contribution is 2.28. The van der Waals surface area contributed by atoms with Gasteiger partial charge in [-0.1, -0.05) is 30.3 Å². The van der Waals surface area contributed by atoms with Crippen LogP contribution in [0, 0.1) is 5.92 Å². The summed E-state index contributed by atoms with van der Waals surface area (Å²) in [5, 5.41) is 1.81. The molecule has 5 nitrogen and oxygen atoms in total. The fourth-order valence-electron chi connectivity index (χ4n) is 4.44. The second kappa shape index (κ2) is 9.62. The van der Waals surface area contributed by atoms with E-state index in [1.165, 1.54) is 22.5 Å². The van der Waals surface area contributed by atoms with Gasteiger partial charge in [0, 0.05) is 32.6 Å². The molecule has 0 atom stereocenters. The molecule has 0 unspecified atom stereocenters. The Bertz CT molecular complexity index is 925. The maximum absolute atomic E-state index is 12.7. The van der Waals surface area contributed by atoms with Gasteiger partial charge in [0.15, 0.2) is 0 Å². The first-order chi connectivity index (χ1) is 14.5. The number of carbonyl (C=O) groups excluding carboxylic acids is 1. The van der Waals surface area contributed by atoms with E-state index < -0.39 is 10.0 Å². The van der Waals surface area contributed by atoms with E-state index in [0.717, 1.165) is 51.6 Å². The van der Waals surface area contributed by atoms with Gasteiger partial charge in [0.1, 0.15) is 4.21 Å². The predicted molar refractivity (Wildman–Crippen MR) is 120 cm³/mol. The van der Waals surface area contributed by atoms with Crippen molar-refractivity contribution in [1.29, 1.82) is 0 Å². The van der Waals surface area contributed by atoms with Gasteiger partial charge in [-0.25, -0.2) is 8.42 Å². The van der Waals surface area contributed by atoms with Crippen LogP contribution >= 0.6 is 11.3 Å². The second-order valence-electron chi connectivity index (χ2n) is 8.39. The third kappa shape index (κ3) is 5.13. The normalized spacial score (nSPS) is 18.7. The summed E-state index contributed by atoms with van der Waals surface area (Å²) in [5.41, 5.74) is 2.51. The lowest BCUT2D eigenvalue weighted by atomic mass is 9.90. The van der Waals surface area contributed by atoms with Crippen molar-refractivity contribution in [2.24, 2.45) is 5.92 Å². The van der Waals surface area contributed by atoms with Crippen molar-refractivity contribution in [2.75, 3.05) is 26.2 Å². The van der Waals surface area contributed by atoms with Crippen molar-refractivity contribution in [1.82, 2.24) is 9.21 Å². The monoisotopic (exact) mass is 446 g/mol. The van der Waals surface area contributed by atoms with Crippen LogP contribution in [-0.4, -0.2) is 49.7 Å². The largest absolute Gasteiger partial charge is 0.343 e. The summed E-state index contributed by atoms with van der Waals surface area (Å²) in [5.74, 6) is 0.795. The van der Waals surface area contributed by atoms with E-state index in [2.05, 4.69) is 24.3 Å². The van der Waals surface area contributed by atoms with Crippen molar-refractivity contribution < 1.29 is 13.2 Å². The number of hydrogen-bond acceptors (Lipinski definition) is 4. The maximum Gasteiger partial charge on any atom is 0.252 e. The molecule has 4 rings (SSSR count). The van der Waals surface area contributed by atoms with E-state index in [4.69, 9.17) is 0 Å². The van der Waals surface area contributed by atoms with Crippen molar-refractivity contribution in [2.45, 2.75) is 49.2 Å². The molecule has 0 N–H and O–H groups in total. The van der Waals surface area contributed by atoms with E-state index in [9.17, 15) is 13.2 Å². The van der Waals surface area contributed by atoms with Crippen LogP contribution < -0.4 is 0 Å². The average Bonchev–Trinajstić information content (AvgIpc) is 3.48. The van der Waals surface area contributed by atoms with Crippen LogP contribution in [0.15, 0.2) is 46.0 Å². The van der Waals surface area contributed by atoms with Crippen LogP contribution in [0.3, 0.4) is 0 Å². The van der Waals surface area contributed by atoms with E-state index in [-0.39, 0.29) is 5.91 Å². The molecule has 0 saturated carbocycles. The number of likely N-dealkylation sites (tertiary alicyclic amines) is 1. The zero-order valence-electron chi connectivity index (χ0n) is 17.3. The molecule has 1 aromatic carbocycles. The molecule has 2 saturated heterocycles. The minimum atomic E-state index is -3.32. The summed E-state index contributed by atoms with van der Waals surface area (Å²) in [7, 11) is -3.32.